The van der Waals surface area contributed by atoms with Crippen LogP contribution in [0.1, 0.15) is 38.5 Å². The molecule has 0 spiro atoms. The molecule has 0 heterocycles. The molecule has 0 aromatic carbocycles. The van der Waals surface area contributed by atoms with Crippen molar-refractivity contribution in [3.8, 4) is 0 Å². The fourth-order valence-electron chi connectivity index (χ4n) is 2.91. The van der Waals surface area contributed by atoms with E-state index in [1.165, 1.54) is 19.3 Å². The number of allylic oxidation sites excluding steroid dienone is 2. The Hall–Kier alpha value is -0.790. The third-order valence-corrected chi connectivity index (χ3v) is 3.63. The molecule has 14 heavy (non-hydrogen) atoms. The predicted octanol–water partition coefficient (Wildman–Crippen LogP) is 2.84. The lowest BCUT2D eigenvalue weighted by Crippen LogP contribution is -2.06. The molecule has 2 aliphatic rings. The Balaban J connectivity index is 1.63. The summed E-state index contributed by atoms with van der Waals surface area (Å²) in [5.41, 5.74) is 0. The van der Waals surface area contributed by atoms with E-state index in [4.69, 9.17) is 5.11 Å². The monoisotopic (exact) mass is 194 g/mol. The predicted molar refractivity (Wildman–Crippen MR) is 54.9 cm³/mol. The Bertz CT molecular complexity index is 245. The first-order chi connectivity index (χ1) is 6.75. The smallest absolute Gasteiger partial charge is 0.303 e. The molecule has 2 rings (SSSR count). The zero-order chi connectivity index (χ0) is 9.97. The van der Waals surface area contributed by atoms with Crippen molar-refractivity contribution in [2.75, 3.05) is 0 Å². The Morgan fingerprint density at radius 1 is 1.29 bits per heavy atom. The average Bonchev–Trinajstić information content (AvgIpc) is 2.73. The summed E-state index contributed by atoms with van der Waals surface area (Å²) in [5, 5.41) is 8.50. The zero-order valence-corrected chi connectivity index (χ0v) is 8.48. The number of fused-ring (bicyclic) bond motifs is 2. The van der Waals surface area contributed by atoms with E-state index < -0.39 is 5.97 Å². The normalized spacial score (nSPS) is 33.9. The van der Waals surface area contributed by atoms with Crippen molar-refractivity contribution < 1.29 is 9.90 Å². The molecule has 2 bridgehead atoms. The molecular formula is C12H18O2. The van der Waals surface area contributed by atoms with Crippen molar-refractivity contribution in [2.45, 2.75) is 38.5 Å². The number of carboxylic acids is 1. The van der Waals surface area contributed by atoms with E-state index in [2.05, 4.69) is 12.2 Å². The number of hydrogen-bond acceptors (Lipinski definition) is 1. The Morgan fingerprint density at radius 3 is 2.71 bits per heavy atom. The van der Waals surface area contributed by atoms with Crippen molar-refractivity contribution in [1.82, 2.24) is 0 Å². The lowest BCUT2D eigenvalue weighted by molar-refractivity contribution is -0.137. The quantitative estimate of drug-likeness (QED) is 0.539. The van der Waals surface area contributed by atoms with E-state index in [1.807, 2.05) is 0 Å². The molecule has 0 amide bonds. The zero-order valence-electron chi connectivity index (χ0n) is 8.48. The van der Waals surface area contributed by atoms with Crippen molar-refractivity contribution in [3.63, 3.8) is 0 Å². The number of hydrogen-bond donors (Lipinski definition) is 1. The number of unbranched alkanes of at least 4 members (excludes halogenated alkanes) is 1. The SMILES string of the molecule is O=C(O)CCCCC1CC2C=CC1C2. The van der Waals surface area contributed by atoms with Gasteiger partial charge in [0.05, 0.1) is 0 Å². The maximum absolute atomic E-state index is 10.3. The van der Waals surface area contributed by atoms with Crippen LogP contribution in [0.3, 0.4) is 0 Å². The third-order valence-electron chi connectivity index (χ3n) is 3.63. The molecule has 3 atom stereocenters. The minimum Gasteiger partial charge on any atom is -0.481 e. The number of aliphatic carboxylic acids is 1. The first-order valence-electron chi connectivity index (χ1n) is 5.66. The van der Waals surface area contributed by atoms with Crippen molar-refractivity contribution >= 4 is 5.97 Å². The van der Waals surface area contributed by atoms with Gasteiger partial charge in [0.2, 0.25) is 0 Å². The van der Waals surface area contributed by atoms with Crippen LogP contribution in [0.2, 0.25) is 0 Å². The van der Waals surface area contributed by atoms with Crippen LogP contribution >= 0.6 is 0 Å². The number of carbonyl (C=O) groups is 1. The van der Waals surface area contributed by atoms with Gasteiger partial charge in [-0.25, -0.2) is 0 Å². The van der Waals surface area contributed by atoms with E-state index in [0.29, 0.717) is 6.42 Å². The number of carboxylic acid groups (broad SMARTS) is 1. The lowest BCUT2D eigenvalue weighted by Gasteiger charge is -2.17. The highest BCUT2D eigenvalue weighted by Gasteiger charge is 2.34. The van der Waals surface area contributed by atoms with Gasteiger partial charge in [0.1, 0.15) is 0 Å². The van der Waals surface area contributed by atoms with Gasteiger partial charge in [0.15, 0.2) is 0 Å². The van der Waals surface area contributed by atoms with Crippen LogP contribution in [-0.4, -0.2) is 11.1 Å². The molecule has 0 aromatic heterocycles. The maximum Gasteiger partial charge on any atom is 0.303 e. The molecule has 2 nitrogen and oxygen atoms in total. The molecule has 0 aliphatic heterocycles. The average molecular weight is 194 g/mol. The fraction of sp³-hybridized carbons (Fsp3) is 0.750. The van der Waals surface area contributed by atoms with Gasteiger partial charge in [-0.05, 0) is 43.4 Å². The maximum atomic E-state index is 10.3. The highest BCUT2D eigenvalue weighted by atomic mass is 16.4. The summed E-state index contributed by atoms with van der Waals surface area (Å²) in [7, 11) is 0. The van der Waals surface area contributed by atoms with Crippen LogP contribution in [0.5, 0.6) is 0 Å². The van der Waals surface area contributed by atoms with Crippen LogP contribution in [0.15, 0.2) is 12.2 Å². The first kappa shape index (κ1) is 9.75. The molecule has 0 radical (unpaired) electrons. The molecular weight excluding hydrogens is 176 g/mol. The largest absolute Gasteiger partial charge is 0.481 e. The van der Waals surface area contributed by atoms with E-state index in [1.54, 1.807) is 0 Å². The van der Waals surface area contributed by atoms with Gasteiger partial charge in [0, 0.05) is 6.42 Å². The van der Waals surface area contributed by atoms with Gasteiger partial charge in [-0.1, -0.05) is 18.6 Å². The van der Waals surface area contributed by atoms with E-state index in [9.17, 15) is 4.79 Å². The molecule has 0 aromatic rings. The summed E-state index contributed by atoms with van der Waals surface area (Å²) in [6.45, 7) is 0. The van der Waals surface area contributed by atoms with Gasteiger partial charge >= 0.3 is 5.97 Å². The summed E-state index contributed by atoms with van der Waals surface area (Å²) in [5.74, 6) is 1.88. The second kappa shape index (κ2) is 4.16. The van der Waals surface area contributed by atoms with Crippen LogP contribution in [0.25, 0.3) is 0 Å². The molecule has 3 unspecified atom stereocenters. The lowest BCUT2D eigenvalue weighted by atomic mass is 9.89. The summed E-state index contributed by atoms with van der Waals surface area (Å²) in [6, 6.07) is 0. The van der Waals surface area contributed by atoms with Crippen LogP contribution in [-0.2, 0) is 4.79 Å². The fourth-order valence-corrected chi connectivity index (χ4v) is 2.91. The highest BCUT2D eigenvalue weighted by Crippen LogP contribution is 2.45. The Morgan fingerprint density at radius 2 is 2.14 bits per heavy atom. The van der Waals surface area contributed by atoms with Crippen LogP contribution < -0.4 is 0 Å². The van der Waals surface area contributed by atoms with Gasteiger partial charge in [-0.2, -0.15) is 0 Å². The van der Waals surface area contributed by atoms with E-state index in [-0.39, 0.29) is 0 Å². The Labute approximate surface area is 85.0 Å². The van der Waals surface area contributed by atoms with Gasteiger partial charge in [-0.3, -0.25) is 4.79 Å². The van der Waals surface area contributed by atoms with Gasteiger partial charge in [-0.15, -0.1) is 0 Å². The van der Waals surface area contributed by atoms with Crippen molar-refractivity contribution in [1.29, 1.82) is 0 Å². The Kier molecular flexibility index (Phi) is 2.90. The van der Waals surface area contributed by atoms with Crippen LogP contribution in [0.4, 0.5) is 0 Å². The minimum absolute atomic E-state index is 0.344. The van der Waals surface area contributed by atoms with Crippen LogP contribution in [0, 0.1) is 17.8 Å². The molecule has 0 saturated heterocycles. The van der Waals surface area contributed by atoms with E-state index >= 15 is 0 Å². The second-order valence-electron chi connectivity index (χ2n) is 4.68. The summed E-state index contributed by atoms with van der Waals surface area (Å²) in [4.78, 5) is 10.3. The first-order valence-corrected chi connectivity index (χ1v) is 5.66. The molecule has 2 aliphatic carbocycles. The molecule has 1 fully saturated rings. The van der Waals surface area contributed by atoms with E-state index in [0.717, 1.165) is 30.6 Å². The second-order valence-corrected chi connectivity index (χ2v) is 4.68. The summed E-state index contributed by atoms with van der Waals surface area (Å²) in [6.07, 6.45) is 11.0. The topological polar surface area (TPSA) is 37.3 Å². The third kappa shape index (κ3) is 2.17. The molecule has 1 N–H and O–H groups in total. The molecule has 78 valence electrons. The van der Waals surface area contributed by atoms with Crippen molar-refractivity contribution in [2.24, 2.45) is 17.8 Å². The molecule has 1 saturated carbocycles. The molecule has 2 heteroatoms. The van der Waals surface area contributed by atoms with Gasteiger partial charge in [0.25, 0.3) is 0 Å². The summed E-state index contributed by atoms with van der Waals surface area (Å²) < 4.78 is 0. The van der Waals surface area contributed by atoms with Gasteiger partial charge < -0.3 is 5.11 Å². The summed E-state index contributed by atoms with van der Waals surface area (Å²) >= 11 is 0. The number of rotatable bonds is 5. The minimum atomic E-state index is -0.655. The highest BCUT2D eigenvalue weighted by molar-refractivity contribution is 5.66. The van der Waals surface area contributed by atoms with Crippen molar-refractivity contribution in [3.05, 3.63) is 12.2 Å². The standard InChI is InChI=1S/C12H18O2/c13-12(14)4-2-1-3-10-7-9-5-6-11(10)8-9/h5-6,9-11H,1-4,7-8H2,(H,13,14).